The van der Waals surface area contributed by atoms with Crippen LogP contribution in [0.15, 0.2) is 42.9 Å². The lowest BCUT2D eigenvalue weighted by atomic mass is 10.2. The zero-order valence-electron chi connectivity index (χ0n) is 16.0. The Balaban J connectivity index is 0.00000392. The number of esters is 2. The van der Waals surface area contributed by atoms with E-state index in [0.717, 1.165) is 11.3 Å². The fourth-order valence-electron chi connectivity index (χ4n) is 2.58. The van der Waals surface area contributed by atoms with Crippen LogP contribution in [0.5, 0.6) is 0 Å². The van der Waals surface area contributed by atoms with Gasteiger partial charge in [-0.1, -0.05) is 30.3 Å². The largest absolute Gasteiger partial charge is 1.00 e. The average Bonchev–Trinajstić information content (AvgIpc) is 3.03. The van der Waals surface area contributed by atoms with E-state index in [1.54, 1.807) is 24.0 Å². The van der Waals surface area contributed by atoms with Crippen molar-refractivity contribution in [2.45, 2.75) is 39.3 Å². The number of halogens is 1. The van der Waals surface area contributed by atoms with Crippen LogP contribution in [0.25, 0.3) is 0 Å². The number of rotatable bonds is 10. The lowest BCUT2D eigenvalue weighted by molar-refractivity contribution is -0.685. The number of hydrogen-bond donors (Lipinski definition) is 1. The molecule has 0 spiro atoms. The van der Waals surface area contributed by atoms with Crippen LogP contribution in [0.4, 0.5) is 0 Å². The summed E-state index contributed by atoms with van der Waals surface area (Å²) in [7, 11) is 1.30. The third-order valence-corrected chi connectivity index (χ3v) is 3.86. The summed E-state index contributed by atoms with van der Waals surface area (Å²) in [5, 5.41) is 0. The molecular formula is C19H26BrN3O5. The van der Waals surface area contributed by atoms with Gasteiger partial charge in [-0.3, -0.25) is 4.79 Å². The van der Waals surface area contributed by atoms with Crippen molar-refractivity contribution >= 4 is 11.9 Å². The summed E-state index contributed by atoms with van der Waals surface area (Å²) in [4.78, 5) is 23.4. The van der Waals surface area contributed by atoms with Crippen molar-refractivity contribution in [1.82, 2.24) is 4.57 Å². The molecule has 28 heavy (non-hydrogen) atoms. The minimum absolute atomic E-state index is 0. The molecule has 154 valence electrons. The zero-order chi connectivity index (χ0) is 19.6. The molecule has 0 saturated heterocycles. The highest BCUT2D eigenvalue weighted by molar-refractivity contribution is 5.75. The Labute approximate surface area is 175 Å². The smallest absolute Gasteiger partial charge is 0.348 e. The normalized spacial score (nSPS) is 11.4. The van der Waals surface area contributed by atoms with Crippen LogP contribution in [0.2, 0.25) is 0 Å². The van der Waals surface area contributed by atoms with Crippen molar-refractivity contribution in [2.24, 2.45) is 5.73 Å². The third kappa shape index (κ3) is 7.41. The van der Waals surface area contributed by atoms with Gasteiger partial charge in [-0.15, -0.1) is 0 Å². The van der Waals surface area contributed by atoms with Crippen LogP contribution in [-0.2, 0) is 50.1 Å². The molecule has 9 heteroatoms. The highest BCUT2D eigenvalue weighted by atomic mass is 79.9. The zero-order valence-corrected chi connectivity index (χ0v) is 17.6. The van der Waals surface area contributed by atoms with Crippen LogP contribution in [0.1, 0.15) is 18.2 Å². The van der Waals surface area contributed by atoms with Crippen molar-refractivity contribution in [3.05, 3.63) is 54.1 Å². The summed E-state index contributed by atoms with van der Waals surface area (Å²) in [6.07, 6.45) is 3.75. The number of imidazole rings is 1. The monoisotopic (exact) mass is 455 g/mol. The van der Waals surface area contributed by atoms with E-state index in [-0.39, 0.29) is 42.6 Å². The SMILES string of the molecule is CCOC(=O)C[n+]1cc(C[C@H](N)C(=O)OC)n(COCc2ccccc2)c1.[Br-]. The van der Waals surface area contributed by atoms with Gasteiger partial charge in [-0.25, -0.2) is 13.9 Å². The molecule has 1 aromatic heterocycles. The Morgan fingerprint density at radius 2 is 1.96 bits per heavy atom. The van der Waals surface area contributed by atoms with Crippen LogP contribution in [0.3, 0.4) is 0 Å². The Bertz CT molecular complexity index is 751. The summed E-state index contributed by atoms with van der Waals surface area (Å²) in [6, 6.07) is 8.99. The van der Waals surface area contributed by atoms with Crippen molar-refractivity contribution in [1.29, 1.82) is 0 Å². The second-order valence-electron chi connectivity index (χ2n) is 5.98. The molecule has 2 rings (SSSR count). The third-order valence-electron chi connectivity index (χ3n) is 3.86. The summed E-state index contributed by atoms with van der Waals surface area (Å²) >= 11 is 0. The van der Waals surface area contributed by atoms with Crippen LogP contribution in [-0.4, -0.2) is 36.3 Å². The first kappa shape index (κ1) is 23.8. The number of methoxy groups -OCH3 is 1. The van der Waals surface area contributed by atoms with Crippen LogP contribution in [0, 0.1) is 0 Å². The van der Waals surface area contributed by atoms with E-state index in [1.807, 2.05) is 34.9 Å². The maximum Gasteiger partial charge on any atom is 0.348 e. The molecule has 0 radical (unpaired) electrons. The molecule has 0 saturated carbocycles. The van der Waals surface area contributed by atoms with E-state index in [2.05, 4.69) is 4.74 Å². The van der Waals surface area contributed by atoms with Gasteiger partial charge in [0, 0.05) is 6.42 Å². The fourth-order valence-corrected chi connectivity index (χ4v) is 2.58. The predicted octanol–water partition coefficient (Wildman–Crippen LogP) is -2.44. The number of aromatic nitrogens is 2. The van der Waals surface area contributed by atoms with Crippen molar-refractivity contribution in [3.63, 3.8) is 0 Å². The second-order valence-corrected chi connectivity index (χ2v) is 5.98. The van der Waals surface area contributed by atoms with Gasteiger partial charge in [-0.2, -0.15) is 0 Å². The van der Waals surface area contributed by atoms with Crippen LogP contribution >= 0.6 is 0 Å². The molecule has 0 bridgehead atoms. The van der Waals surface area contributed by atoms with E-state index in [1.165, 1.54) is 7.11 Å². The van der Waals surface area contributed by atoms with Gasteiger partial charge in [-0.05, 0) is 12.5 Å². The number of carbonyl (C=O) groups is 2. The number of carbonyl (C=O) groups excluding carboxylic acids is 2. The van der Waals surface area contributed by atoms with E-state index in [9.17, 15) is 9.59 Å². The van der Waals surface area contributed by atoms with Gasteiger partial charge in [0.2, 0.25) is 6.33 Å². The van der Waals surface area contributed by atoms with Gasteiger partial charge in [0.15, 0.2) is 13.3 Å². The standard InChI is InChI=1S/C19H26N3O5.BrH/c1-3-27-18(23)11-21-10-16(9-17(20)19(24)25-2)22(13-21)14-26-12-15-7-5-4-6-8-15;/h4-8,10,13,17H,3,9,11-12,14,20H2,1-2H3;1H/q+1;/p-1/t17-;/m0./s1. The number of benzene rings is 1. The highest BCUT2D eigenvalue weighted by Gasteiger charge is 2.22. The Morgan fingerprint density at radius 3 is 2.61 bits per heavy atom. The second kappa shape index (κ2) is 12.3. The first-order valence-corrected chi connectivity index (χ1v) is 8.72. The number of nitrogens with zero attached hydrogens (tertiary/aromatic N) is 2. The van der Waals surface area contributed by atoms with E-state index in [4.69, 9.17) is 15.2 Å². The highest BCUT2D eigenvalue weighted by Crippen LogP contribution is 2.06. The molecule has 1 atom stereocenters. The summed E-state index contributed by atoms with van der Waals surface area (Å²) < 4.78 is 18.9. The number of ether oxygens (including phenoxy) is 3. The minimum atomic E-state index is -0.797. The number of nitrogens with two attached hydrogens (primary N) is 1. The molecule has 0 unspecified atom stereocenters. The average molecular weight is 456 g/mol. The Hall–Kier alpha value is -2.23. The van der Waals surface area contributed by atoms with Crippen molar-refractivity contribution < 1.29 is 45.3 Å². The topological polar surface area (TPSA) is 96.7 Å². The van der Waals surface area contributed by atoms with E-state index in [0.29, 0.717) is 13.2 Å². The first-order valence-electron chi connectivity index (χ1n) is 8.72. The molecule has 0 aliphatic heterocycles. The first-order chi connectivity index (χ1) is 13.0. The molecule has 0 amide bonds. The molecule has 2 N–H and O–H groups in total. The van der Waals surface area contributed by atoms with Gasteiger partial charge in [0.05, 0.1) is 20.3 Å². The lowest BCUT2D eigenvalue weighted by Gasteiger charge is -2.08. The quantitative estimate of drug-likeness (QED) is 0.315. The molecule has 1 heterocycles. The molecule has 0 aliphatic rings. The Kier molecular flexibility index (Phi) is 10.4. The number of hydrogen-bond acceptors (Lipinski definition) is 6. The van der Waals surface area contributed by atoms with E-state index >= 15 is 0 Å². The fraction of sp³-hybridized carbons (Fsp3) is 0.421. The minimum Gasteiger partial charge on any atom is -1.00 e. The van der Waals surface area contributed by atoms with Gasteiger partial charge in [0.1, 0.15) is 17.9 Å². The molecule has 2 aromatic rings. The van der Waals surface area contributed by atoms with Crippen LogP contribution < -0.4 is 27.3 Å². The Morgan fingerprint density at radius 1 is 1.25 bits per heavy atom. The molecule has 0 fully saturated rings. The summed E-state index contributed by atoms with van der Waals surface area (Å²) in [6.45, 7) is 2.85. The summed E-state index contributed by atoms with van der Waals surface area (Å²) in [5.41, 5.74) is 7.68. The lowest BCUT2D eigenvalue weighted by Crippen LogP contribution is -3.00. The van der Waals surface area contributed by atoms with Gasteiger partial charge in [0.25, 0.3) is 0 Å². The van der Waals surface area contributed by atoms with E-state index < -0.39 is 12.0 Å². The van der Waals surface area contributed by atoms with Crippen molar-refractivity contribution in [3.8, 4) is 0 Å². The molecular weight excluding hydrogens is 430 g/mol. The maximum absolute atomic E-state index is 11.7. The molecule has 8 nitrogen and oxygen atoms in total. The molecule has 0 aliphatic carbocycles. The van der Waals surface area contributed by atoms with Gasteiger partial charge >= 0.3 is 11.9 Å². The maximum atomic E-state index is 11.7. The van der Waals surface area contributed by atoms with Gasteiger partial charge < -0.3 is 36.9 Å². The molecule has 1 aromatic carbocycles. The van der Waals surface area contributed by atoms with Crippen molar-refractivity contribution in [2.75, 3.05) is 13.7 Å². The summed E-state index contributed by atoms with van der Waals surface area (Å²) in [5.74, 6) is -0.835. The predicted molar refractivity (Wildman–Crippen MR) is 96.2 cm³/mol.